The van der Waals surface area contributed by atoms with Gasteiger partial charge in [-0.25, -0.2) is 0 Å². The van der Waals surface area contributed by atoms with E-state index in [4.69, 9.17) is 22.9 Å². The van der Waals surface area contributed by atoms with Crippen molar-refractivity contribution in [2.24, 2.45) is 33.8 Å². The summed E-state index contributed by atoms with van der Waals surface area (Å²) in [7, 11) is 3.48. The largest absolute Gasteiger partial charge is 0.508 e. The second kappa shape index (κ2) is 29.2. The number of primary amides is 2. The predicted octanol–water partition coefficient (Wildman–Crippen LogP) is -3.10. The monoisotopic (exact) mass is 1030 g/mol. The smallest absolute Gasteiger partial charge is 0.246 e. The molecule has 2 aromatic carbocycles. The average molecular weight is 1030 g/mol. The topological polar surface area (TPSA) is 395 Å². The van der Waals surface area contributed by atoms with Gasteiger partial charge in [0.2, 0.25) is 59.1 Å². The zero-order chi connectivity index (χ0) is 52.8. The Labute approximate surface area is 418 Å². The highest BCUT2D eigenvalue weighted by atomic mass is 33.1. The van der Waals surface area contributed by atoms with Crippen LogP contribution in [0.3, 0.4) is 0 Å². The van der Waals surface area contributed by atoms with E-state index in [-0.39, 0.29) is 61.9 Å². The Morgan fingerprint density at radius 1 is 0.746 bits per heavy atom. The van der Waals surface area contributed by atoms with E-state index in [0.717, 1.165) is 26.5 Å². The summed E-state index contributed by atoms with van der Waals surface area (Å²) < 4.78 is 0. The Bertz CT molecular complexity index is 2230. The molecule has 2 aromatic rings. The van der Waals surface area contributed by atoms with Gasteiger partial charge < -0.3 is 70.2 Å². The Balaban J connectivity index is 1.99. The van der Waals surface area contributed by atoms with E-state index in [1.807, 2.05) is 0 Å². The van der Waals surface area contributed by atoms with Gasteiger partial charge in [-0.05, 0) is 48.9 Å². The lowest BCUT2D eigenvalue weighted by atomic mass is 9.99. The maximum Gasteiger partial charge on any atom is 0.246 e. The first-order valence-electron chi connectivity index (χ1n) is 22.6. The van der Waals surface area contributed by atoms with E-state index in [2.05, 4.69) is 42.2 Å². The molecule has 1 aliphatic rings. The SMILES string of the molecule is CC(C)[C@H]1NC(=O)[C@H](Cc2ccccc2)NC(=O)[C@@H](Cc2ccc(O)cc2)NC(=O)CCSSC[C@@H](C(=O)N(C)[C@H](C)C(=O)N[C@@H](CCCN=C(N)N)C(=O)NCC(N)=O)NC(=O)[C@H](CC(N)=O)NC1=O. The lowest BCUT2D eigenvalue weighted by Crippen LogP contribution is -2.61. The summed E-state index contributed by atoms with van der Waals surface area (Å²) in [4.78, 5) is 139. The predicted molar refractivity (Wildman–Crippen MR) is 266 cm³/mol. The summed E-state index contributed by atoms with van der Waals surface area (Å²) in [6, 6.07) is 5.22. The van der Waals surface area contributed by atoms with Crippen molar-refractivity contribution in [2.45, 2.75) is 102 Å². The first-order chi connectivity index (χ1) is 33.6. The van der Waals surface area contributed by atoms with Crippen molar-refractivity contribution in [1.29, 1.82) is 0 Å². The molecule has 0 spiro atoms. The molecule has 7 atom stereocenters. The van der Waals surface area contributed by atoms with E-state index >= 15 is 0 Å². The molecule has 1 aliphatic heterocycles. The summed E-state index contributed by atoms with van der Waals surface area (Å²) in [5, 5.41) is 28.0. The molecular formula is C45H65N13O11S2. The molecule has 26 heteroatoms. The van der Waals surface area contributed by atoms with Crippen LogP contribution in [0.1, 0.15) is 57.6 Å². The quantitative estimate of drug-likeness (QED) is 0.0305. The third-order valence-electron chi connectivity index (χ3n) is 10.9. The number of likely N-dealkylation sites (N-methyl/N-ethyl adjacent to an activating group) is 1. The number of rotatable bonds is 18. The van der Waals surface area contributed by atoms with Crippen LogP contribution in [0.15, 0.2) is 59.6 Å². The molecule has 0 unspecified atom stereocenters. The minimum atomic E-state index is -1.68. The molecular weight excluding hydrogens is 963 g/mol. The Kier molecular flexibility index (Phi) is 23.9. The molecule has 24 nitrogen and oxygen atoms in total. The Morgan fingerprint density at radius 3 is 1.94 bits per heavy atom. The van der Waals surface area contributed by atoms with Crippen molar-refractivity contribution in [3.05, 3.63) is 65.7 Å². The number of nitrogens with zero attached hydrogens (tertiary/aromatic N) is 2. The molecule has 388 valence electrons. The Hall–Kier alpha value is -7.09. The number of nitrogens with one attached hydrogen (secondary N) is 7. The van der Waals surface area contributed by atoms with Gasteiger partial charge in [0.15, 0.2) is 5.96 Å². The van der Waals surface area contributed by atoms with Crippen molar-refractivity contribution in [1.82, 2.24) is 42.1 Å². The van der Waals surface area contributed by atoms with Crippen molar-refractivity contribution < 1.29 is 53.1 Å². The van der Waals surface area contributed by atoms with Crippen LogP contribution in [0.2, 0.25) is 0 Å². The standard InChI is InChI=1S/C45H65N13O11S2/c1-24(2)37-43(68)55-32(21-34(46)60)41(66)56-33(44(69)58(4)25(3)38(63)53-29(11-8-17-50-45(48)49)39(64)51-22-35(47)61)23-71-70-18-16-36(62)52-30(20-27-12-14-28(59)15-13-27)40(65)54-31(42(67)57-37)19-26-9-6-5-7-10-26/h5-7,9-10,12-15,24-25,29-33,37,59H,8,11,16-23H2,1-4H3,(H2,46,60)(H2,47,61)(H,51,64)(H,52,62)(H,53,63)(H,54,65)(H,55,68)(H,56,66)(H,57,67)(H4,48,49,50)/t25-,29+,30-,31+,32+,33+,37-/m1/s1. The zero-order valence-corrected chi connectivity index (χ0v) is 41.6. The number of hydrogen-bond donors (Lipinski definition) is 12. The van der Waals surface area contributed by atoms with Crippen molar-refractivity contribution in [2.75, 3.05) is 31.6 Å². The van der Waals surface area contributed by atoms with Gasteiger partial charge in [0.25, 0.3) is 0 Å². The first kappa shape index (κ1) is 58.2. The number of nitrogens with two attached hydrogens (primary N) is 4. The number of hydrogen-bond acceptors (Lipinski definition) is 14. The van der Waals surface area contributed by atoms with Crippen LogP contribution in [-0.4, -0.2) is 149 Å². The van der Waals surface area contributed by atoms with Gasteiger partial charge in [-0.3, -0.25) is 52.9 Å². The van der Waals surface area contributed by atoms with Gasteiger partial charge >= 0.3 is 0 Å². The minimum Gasteiger partial charge on any atom is -0.508 e. The van der Waals surface area contributed by atoms with Gasteiger partial charge in [-0.2, -0.15) is 0 Å². The van der Waals surface area contributed by atoms with E-state index < -0.39 is 120 Å². The molecule has 16 N–H and O–H groups in total. The normalized spacial score (nSPS) is 20.5. The second-order valence-electron chi connectivity index (χ2n) is 16.9. The van der Waals surface area contributed by atoms with Gasteiger partial charge in [-0.1, -0.05) is 77.9 Å². The van der Waals surface area contributed by atoms with Crippen LogP contribution in [0, 0.1) is 5.92 Å². The third kappa shape index (κ3) is 20.4. The molecule has 0 bridgehead atoms. The van der Waals surface area contributed by atoms with Crippen LogP contribution in [0.25, 0.3) is 0 Å². The van der Waals surface area contributed by atoms with Crippen LogP contribution >= 0.6 is 21.6 Å². The van der Waals surface area contributed by atoms with Crippen LogP contribution in [0.4, 0.5) is 0 Å². The molecule has 0 saturated carbocycles. The summed E-state index contributed by atoms with van der Waals surface area (Å²) in [5.74, 6) is -9.10. The van der Waals surface area contributed by atoms with E-state index in [1.165, 1.54) is 26.1 Å². The van der Waals surface area contributed by atoms with Crippen LogP contribution < -0.4 is 60.2 Å². The molecule has 3 rings (SSSR count). The summed E-state index contributed by atoms with van der Waals surface area (Å²) in [6.07, 6.45) is -0.706. The number of aliphatic imine (C=N–C) groups is 1. The number of guanidine groups is 1. The zero-order valence-electron chi connectivity index (χ0n) is 39.9. The highest BCUT2D eigenvalue weighted by Crippen LogP contribution is 2.24. The van der Waals surface area contributed by atoms with Gasteiger partial charge in [0, 0.05) is 44.4 Å². The molecule has 1 heterocycles. The van der Waals surface area contributed by atoms with Crippen LogP contribution in [-0.2, 0) is 60.8 Å². The highest BCUT2D eigenvalue weighted by Gasteiger charge is 2.37. The number of carbonyl (C=O) groups excluding carboxylic acids is 10. The van der Waals surface area contributed by atoms with Gasteiger partial charge in [0.05, 0.1) is 13.0 Å². The summed E-state index contributed by atoms with van der Waals surface area (Å²) in [6.45, 7) is 4.16. The number of benzene rings is 2. The van der Waals surface area contributed by atoms with E-state index in [1.54, 1.807) is 56.3 Å². The molecule has 0 aromatic heterocycles. The molecule has 71 heavy (non-hydrogen) atoms. The number of amides is 10. The Morgan fingerprint density at radius 2 is 1.34 bits per heavy atom. The van der Waals surface area contributed by atoms with Crippen molar-refractivity contribution >= 4 is 86.6 Å². The number of aromatic hydroxyl groups is 1. The average Bonchev–Trinajstić information content (AvgIpc) is 3.31. The number of phenols is 1. The molecule has 0 radical (unpaired) electrons. The van der Waals surface area contributed by atoms with Gasteiger partial charge in [-0.15, -0.1) is 0 Å². The van der Waals surface area contributed by atoms with Crippen LogP contribution in [0.5, 0.6) is 5.75 Å². The maximum absolute atomic E-state index is 14.3. The number of phenolic OH excluding ortho intramolecular Hbond substituents is 1. The minimum absolute atomic E-state index is 0.0108. The third-order valence-corrected chi connectivity index (χ3v) is 13.3. The molecule has 10 amide bonds. The highest BCUT2D eigenvalue weighted by molar-refractivity contribution is 8.76. The van der Waals surface area contributed by atoms with Crippen molar-refractivity contribution in [3.63, 3.8) is 0 Å². The van der Waals surface area contributed by atoms with E-state index in [0.29, 0.717) is 11.1 Å². The summed E-state index contributed by atoms with van der Waals surface area (Å²) in [5.41, 5.74) is 22.7. The van der Waals surface area contributed by atoms with Gasteiger partial charge in [0.1, 0.15) is 48.0 Å². The summed E-state index contributed by atoms with van der Waals surface area (Å²) >= 11 is 0. The van der Waals surface area contributed by atoms with Crippen molar-refractivity contribution in [3.8, 4) is 5.75 Å². The number of carbonyl (C=O) groups is 10. The first-order valence-corrected chi connectivity index (χ1v) is 25.1. The fourth-order valence-electron chi connectivity index (χ4n) is 6.87. The molecule has 1 saturated heterocycles. The molecule has 1 fully saturated rings. The fourth-order valence-corrected chi connectivity index (χ4v) is 9.01. The molecule has 0 aliphatic carbocycles. The van der Waals surface area contributed by atoms with E-state index in [9.17, 15) is 53.1 Å². The lowest BCUT2D eigenvalue weighted by molar-refractivity contribution is -0.142. The maximum atomic E-state index is 14.3. The second-order valence-corrected chi connectivity index (χ2v) is 19.6. The fraction of sp³-hybridized carbons (Fsp3) is 0.489. The lowest BCUT2D eigenvalue weighted by Gasteiger charge is -2.31.